The summed E-state index contributed by atoms with van der Waals surface area (Å²) in [6.07, 6.45) is -4.14. The van der Waals surface area contributed by atoms with Crippen LogP contribution in [0.2, 0.25) is 0 Å². The number of carbonyl (C=O) groups is 1. The van der Waals surface area contributed by atoms with Crippen LogP contribution in [0.5, 0.6) is 0 Å². The highest BCUT2D eigenvalue weighted by Crippen LogP contribution is 2.26. The number of benzene rings is 1. The largest absolute Gasteiger partial charge is 0.348 e. The minimum atomic E-state index is -3.14. The van der Waals surface area contributed by atoms with Crippen molar-refractivity contribution in [2.75, 3.05) is 14.1 Å². The summed E-state index contributed by atoms with van der Waals surface area (Å²) in [7, 11) is 2.41. The number of carbonyl (C=O) groups excluding carboxylic acids is 1. The topological polar surface area (TPSA) is 37.6 Å². The van der Waals surface area contributed by atoms with Crippen LogP contribution in [-0.4, -0.2) is 34.3 Å². The molecular formula is C19H21N3O. The molecule has 0 saturated carbocycles. The summed E-state index contributed by atoms with van der Waals surface area (Å²) in [4.78, 5) is 17.8. The third-order valence-electron chi connectivity index (χ3n) is 2.89. The Morgan fingerprint density at radius 3 is 2.57 bits per heavy atom. The molecule has 118 valence electrons. The molecular weight excluding hydrogens is 286 g/mol. The Labute approximate surface area is 157 Å². The van der Waals surface area contributed by atoms with Crippen LogP contribution in [0.15, 0.2) is 42.4 Å². The van der Waals surface area contributed by atoms with E-state index < -0.39 is 102 Å². The zero-order valence-electron chi connectivity index (χ0n) is 27.2. The second kappa shape index (κ2) is 5.88. The molecule has 3 rings (SSSR count). The van der Waals surface area contributed by atoms with Gasteiger partial charge in [0.15, 0.2) is 0 Å². The number of imidazole rings is 1. The van der Waals surface area contributed by atoms with Gasteiger partial charge in [-0.1, -0.05) is 35.8 Å². The van der Waals surface area contributed by atoms with Gasteiger partial charge in [-0.15, -0.1) is 0 Å². The summed E-state index contributed by atoms with van der Waals surface area (Å²) in [6.45, 7) is -6.16. The number of fused-ring (bicyclic) bond motifs is 1. The Kier molecular flexibility index (Phi) is 1.40. The normalized spacial score (nSPS) is 22.1. The fraction of sp³-hybridized carbons (Fsp3) is 0.263. The first-order valence-electron chi connectivity index (χ1n) is 13.9. The Hall–Kier alpha value is -2.62. The Bertz CT molecular complexity index is 1460. The van der Waals surface area contributed by atoms with Crippen LogP contribution < -0.4 is 0 Å². The van der Waals surface area contributed by atoms with Crippen LogP contribution in [0.4, 0.5) is 0 Å². The van der Waals surface area contributed by atoms with Gasteiger partial charge in [-0.3, -0.25) is 4.79 Å². The van der Waals surface area contributed by atoms with Gasteiger partial charge in [-0.25, -0.2) is 4.98 Å². The second-order valence-corrected chi connectivity index (χ2v) is 4.78. The molecule has 0 aliphatic carbocycles. The third-order valence-corrected chi connectivity index (χ3v) is 2.89. The van der Waals surface area contributed by atoms with E-state index in [-0.39, 0.29) is 0 Å². The van der Waals surface area contributed by atoms with Crippen molar-refractivity contribution in [1.29, 1.82) is 0 Å². The number of pyridine rings is 1. The minimum absolute atomic E-state index is 0.530. The van der Waals surface area contributed by atoms with Crippen molar-refractivity contribution < 1.29 is 25.4 Å². The van der Waals surface area contributed by atoms with Gasteiger partial charge >= 0.3 is 0 Å². The average Bonchev–Trinajstić information content (AvgIpc) is 3.15. The van der Waals surface area contributed by atoms with Crippen LogP contribution in [0.25, 0.3) is 16.9 Å². The van der Waals surface area contributed by atoms with E-state index in [1.807, 2.05) is 0 Å². The Morgan fingerprint density at radius 1 is 1.22 bits per heavy atom. The molecule has 0 atom stereocenters. The van der Waals surface area contributed by atoms with E-state index >= 15 is 0 Å². The maximum atomic E-state index is 12.9. The molecule has 0 radical (unpaired) electrons. The first-order valence-corrected chi connectivity index (χ1v) is 6.44. The summed E-state index contributed by atoms with van der Waals surface area (Å²) in [5, 5.41) is 0. The molecule has 2 heterocycles. The number of likely N-dealkylation sites (N-methyl/N-ethyl adjacent to an activating group) is 1. The van der Waals surface area contributed by atoms with Crippen molar-refractivity contribution in [2.24, 2.45) is 0 Å². The Morgan fingerprint density at radius 2 is 1.91 bits per heavy atom. The van der Waals surface area contributed by atoms with Crippen molar-refractivity contribution >= 4 is 11.6 Å². The van der Waals surface area contributed by atoms with Crippen LogP contribution in [0.1, 0.15) is 37.4 Å². The summed E-state index contributed by atoms with van der Waals surface area (Å²) in [5.41, 5.74) is -4.85. The fourth-order valence-electron chi connectivity index (χ4n) is 1.80. The van der Waals surface area contributed by atoms with Crippen LogP contribution >= 0.6 is 0 Å². The van der Waals surface area contributed by atoms with Crippen molar-refractivity contribution in [1.82, 2.24) is 14.3 Å². The molecule has 0 bridgehead atoms. The number of hydrogen-bond acceptors (Lipinski definition) is 2. The summed E-state index contributed by atoms with van der Waals surface area (Å²) < 4.78 is 122. The molecule has 1 amide bonds. The second-order valence-electron chi connectivity index (χ2n) is 4.78. The summed E-state index contributed by atoms with van der Waals surface area (Å²) in [6, 6.07) is -5.63. The molecule has 23 heavy (non-hydrogen) atoms. The lowest BCUT2D eigenvalue weighted by Gasteiger charge is -2.11. The summed E-state index contributed by atoms with van der Waals surface area (Å²) in [5.74, 6) is -1.23. The standard InChI is InChI=1S/C19H21N3O/c1-13-5-8-15(9-6-13)19-16(11-18(23)21(3)4)22-12-14(2)7-10-17(22)20-19/h5-10,12H,11H2,1-4H3/i1D3,2D3,5D,6D,7D,8D,9D,10D,11D2,12D. The molecule has 4 nitrogen and oxygen atoms in total. The quantitative estimate of drug-likeness (QED) is 0.742. The first-order chi connectivity index (χ1) is 17.1. The maximum absolute atomic E-state index is 12.9. The predicted molar refractivity (Wildman–Crippen MR) is 92.5 cm³/mol. The molecule has 0 N–H and O–H groups in total. The predicted octanol–water partition coefficient (Wildman–Crippen LogP) is 3.25. The molecule has 0 aliphatic heterocycles. The van der Waals surface area contributed by atoms with Gasteiger partial charge in [-0.05, 0) is 25.3 Å². The van der Waals surface area contributed by atoms with Gasteiger partial charge in [0.25, 0.3) is 0 Å². The van der Waals surface area contributed by atoms with E-state index in [1.165, 1.54) is 14.1 Å². The number of amides is 1. The Balaban J connectivity index is 2.70. The highest BCUT2D eigenvalue weighted by molar-refractivity contribution is 5.81. The minimum Gasteiger partial charge on any atom is -0.348 e. The van der Waals surface area contributed by atoms with E-state index in [0.29, 0.717) is 4.40 Å². The number of hydrogen-bond donors (Lipinski definition) is 0. The molecule has 4 heteroatoms. The maximum Gasteiger partial charge on any atom is 0.228 e. The van der Waals surface area contributed by atoms with E-state index in [9.17, 15) is 4.79 Å². The van der Waals surface area contributed by atoms with Gasteiger partial charge in [0.05, 0.1) is 27.4 Å². The monoisotopic (exact) mass is 322 g/mol. The molecule has 3 aromatic rings. The van der Waals surface area contributed by atoms with Crippen molar-refractivity contribution in [3.63, 3.8) is 0 Å². The zero-order valence-corrected chi connectivity index (χ0v) is 12.2. The average molecular weight is 322 g/mol. The lowest BCUT2D eigenvalue weighted by molar-refractivity contribution is -0.128. The summed E-state index contributed by atoms with van der Waals surface area (Å²) >= 11 is 0. The van der Waals surface area contributed by atoms with Gasteiger partial charge < -0.3 is 9.30 Å². The molecule has 0 saturated heterocycles. The molecule has 1 aromatic carbocycles. The lowest BCUT2D eigenvalue weighted by atomic mass is 10.1. The number of aromatic nitrogens is 2. The fourth-order valence-corrected chi connectivity index (χ4v) is 1.80. The third kappa shape index (κ3) is 2.97. The van der Waals surface area contributed by atoms with Gasteiger partial charge in [-0.2, -0.15) is 0 Å². The van der Waals surface area contributed by atoms with E-state index in [2.05, 4.69) is 4.98 Å². The van der Waals surface area contributed by atoms with Gasteiger partial charge in [0.2, 0.25) is 5.91 Å². The molecule has 0 unspecified atom stereocenters. The smallest absolute Gasteiger partial charge is 0.228 e. The van der Waals surface area contributed by atoms with Crippen molar-refractivity contribution in [3.8, 4) is 11.3 Å². The molecule has 0 aliphatic rings. The van der Waals surface area contributed by atoms with Crippen LogP contribution in [0, 0.1) is 13.7 Å². The number of nitrogens with zero attached hydrogens (tertiary/aromatic N) is 3. The molecule has 2 aromatic heterocycles. The highest BCUT2D eigenvalue weighted by atomic mass is 16.2. The van der Waals surface area contributed by atoms with Crippen LogP contribution in [0.3, 0.4) is 0 Å². The number of rotatable bonds is 3. The van der Waals surface area contributed by atoms with E-state index in [4.69, 9.17) is 20.6 Å². The van der Waals surface area contributed by atoms with Crippen LogP contribution in [-0.2, 0) is 11.2 Å². The lowest BCUT2D eigenvalue weighted by Crippen LogP contribution is -2.24. The van der Waals surface area contributed by atoms with Crippen molar-refractivity contribution in [3.05, 3.63) is 59.2 Å². The first kappa shape index (κ1) is 5.48. The highest BCUT2D eigenvalue weighted by Gasteiger charge is 2.18. The van der Waals surface area contributed by atoms with Crippen molar-refractivity contribution in [2.45, 2.75) is 20.1 Å². The van der Waals surface area contributed by atoms with Gasteiger partial charge in [0, 0.05) is 36.8 Å². The van der Waals surface area contributed by atoms with E-state index in [0.717, 1.165) is 4.90 Å². The molecule has 0 fully saturated rings. The molecule has 0 spiro atoms. The SMILES string of the molecule is [2H]c1c([2H])c(C([2H])([2H])[2H])c([2H])c([2H])c1-c1nc2c([2H])c([2H])c(C([2H])([2H])[2H])c([2H])n2c1C([2H])([2H])C(=O)N(C)C. The van der Waals surface area contributed by atoms with E-state index in [1.54, 1.807) is 0 Å². The zero-order chi connectivity index (χ0) is 29.4. The van der Waals surface area contributed by atoms with Gasteiger partial charge in [0.1, 0.15) is 5.65 Å².